The predicted molar refractivity (Wildman–Crippen MR) is 174 cm³/mol. The Morgan fingerprint density at radius 2 is 1.57 bits per heavy atom. The van der Waals surface area contributed by atoms with Crippen molar-refractivity contribution in [3.63, 3.8) is 0 Å². The number of rotatable bonds is 10. The van der Waals surface area contributed by atoms with E-state index in [9.17, 15) is 18.8 Å². The minimum Gasteiger partial charge on any atom is -0.487 e. The van der Waals surface area contributed by atoms with Crippen LogP contribution >= 0.6 is 0 Å². The Labute approximate surface area is 272 Å². The van der Waals surface area contributed by atoms with Crippen LogP contribution in [-0.4, -0.2) is 34.7 Å². The van der Waals surface area contributed by atoms with Crippen molar-refractivity contribution < 1.29 is 27.9 Å². The molecule has 47 heavy (non-hydrogen) atoms. The van der Waals surface area contributed by atoms with Crippen LogP contribution in [0, 0.1) is 23.5 Å². The third-order valence-electron chi connectivity index (χ3n) is 8.87. The number of amides is 3. The number of nitrogens with zero attached hydrogens (tertiary/aromatic N) is 1. The molecule has 0 radical (unpaired) electrons. The van der Waals surface area contributed by atoms with Gasteiger partial charge in [-0.25, -0.2) is 8.78 Å². The lowest BCUT2D eigenvalue weighted by Crippen LogP contribution is -2.67. The lowest BCUT2D eigenvalue weighted by Gasteiger charge is -2.44. The Balaban J connectivity index is 1.37. The van der Waals surface area contributed by atoms with Gasteiger partial charge in [-0.05, 0) is 66.0 Å². The molecule has 6 rings (SSSR count). The van der Waals surface area contributed by atoms with Crippen LogP contribution in [0.3, 0.4) is 0 Å². The fourth-order valence-corrected chi connectivity index (χ4v) is 6.65. The van der Waals surface area contributed by atoms with Crippen LogP contribution in [0.4, 0.5) is 14.5 Å². The molecule has 1 fully saturated rings. The van der Waals surface area contributed by atoms with Gasteiger partial charge >= 0.3 is 0 Å². The smallest absolute Gasteiger partial charge is 0.252 e. The third kappa shape index (κ3) is 6.89. The molecule has 4 aromatic rings. The van der Waals surface area contributed by atoms with Crippen molar-refractivity contribution in [2.75, 3.05) is 5.32 Å². The van der Waals surface area contributed by atoms with Crippen molar-refractivity contribution in [2.45, 2.75) is 57.8 Å². The molecule has 7 nitrogen and oxygen atoms in total. The van der Waals surface area contributed by atoms with Crippen LogP contribution in [0.15, 0.2) is 97.1 Å². The SMILES string of the molecule is CC(C)C[C@H]1C(=O)N[C@H](C2Cc3ccccc3C2)C(=O)N1[C@@H](C(=O)Nc1ccccc1OCc1ccccc1)c1ccc(F)cc1F. The highest BCUT2D eigenvalue weighted by molar-refractivity contribution is 6.03. The first-order valence-corrected chi connectivity index (χ1v) is 15.9. The summed E-state index contributed by atoms with van der Waals surface area (Å²) in [5.74, 6) is -3.39. The average molecular weight is 638 g/mol. The van der Waals surface area contributed by atoms with Gasteiger partial charge in [-0.1, -0.05) is 86.6 Å². The second-order valence-electron chi connectivity index (χ2n) is 12.6. The maximum atomic E-state index is 15.7. The molecule has 4 aromatic carbocycles. The van der Waals surface area contributed by atoms with Crippen LogP contribution in [0.25, 0.3) is 0 Å². The molecule has 0 spiro atoms. The Morgan fingerprint density at radius 3 is 2.26 bits per heavy atom. The number of carbonyl (C=O) groups excluding carboxylic acids is 3. The fourth-order valence-electron chi connectivity index (χ4n) is 6.65. The van der Waals surface area contributed by atoms with Crippen molar-refractivity contribution in [3.8, 4) is 5.75 Å². The lowest BCUT2D eigenvalue weighted by atomic mass is 9.87. The largest absolute Gasteiger partial charge is 0.487 e. The Bertz CT molecular complexity index is 1750. The second kappa shape index (κ2) is 13.7. The average Bonchev–Trinajstić information content (AvgIpc) is 3.49. The molecule has 1 heterocycles. The highest BCUT2D eigenvalue weighted by Crippen LogP contribution is 2.37. The van der Waals surface area contributed by atoms with Crippen LogP contribution in [0.5, 0.6) is 5.75 Å². The summed E-state index contributed by atoms with van der Waals surface area (Å²) in [6, 6.07) is 23.5. The number of piperazine rings is 1. The first kappa shape index (κ1) is 31.9. The molecule has 0 saturated carbocycles. The number of benzene rings is 4. The summed E-state index contributed by atoms with van der Waals surface area (Å²) in [4.78, 5) is 44.1. The number of hydrogen-bond donors (Lipinski definition) is 2. The van der Waals surface area contributed by atoms with Gasteiger partial charge in [0.15, 0.2) is 0 Å². The van der Waals surface area contributed by atoms with Crippen molar-refractivity contribution in [3.05, 3.63) is 131 Å². The number of nitrogens with one attached hydrogen (secondary N) is 2. The normalized spacial score (nSPS) is 18.5. The van der Waals surface area contributed by atoms with Gasteiger partial charge in [0.05, 0.1) is 5.69 Å². The van der Waals surface area contributed by atoms with E-state index in [1.807, 2.05) is 68.4 Å². The van der Waals surface area contributed by atoms with Crippen molar-refractivity contribution in [2.24, 2.45) is 11.8 Å². The molecule has 0 unspecified atom stereocenters. The first-order chi connectivity index (χ1) is 22.7. The van der Waals surface area contributed by atoms with E-state index in [4.69, 9.17) is 4.74 Å². The number of halogens is 2. The standard InChI is InChI=1S/C38H37F2N3O4/c1-23(2)18-32-36(44)42-34(27-19-25-12-6-7-13-26(25)20-27)38(46)43(32)35(29-17-16-28(39)21-30(29)40)37(45)41-31-14-8-9-15-33(31)47-22-24-10-4-3-5-11-24/h3-17,21,23,27,32,34-35H,18-20,22H2,1-2H3,(H,41,45)(H,42,44)/t32-,34+,35+/m0/s1. The van der Waals surface area contributed by atoms with E-state index in [0.717, 1.165) is 22.8 Å². The molecule has 242 valence electrons. The van der Waals surface area contributed by atoms with E-state index < -0.39 is 47.5 Å². The van der Waals surface area contributed by atoms with E-state index in [-0.39, 0.29) is 30.4 Å². The summed E-state index contributed by atoms with van der Waals surface area (Å²) < 4.78 is 35.8. The van der Waals surface area contributed by atoms with Gasteiger partial charge in [0.1, 0.15) is 42.1 Å². The summed E-state index contributed by atoms with van der Waals surface area (Å²) in [5, 5.41) is 5.80. The number of hydrogen-bond acceptors (Lipinski definition) is 4. The van der Waals surface area contributed by atoms with Crippen molar-refractivity contribution >= 4 is 23.4 Å². The topological polar surface area (TPSA) is 87.7 Å². The van der Waals surface area contributed by atoms with E-state index in [1.54, 1.807) is 24.3 Å². The molecule has 2 N–H and O–H groups in total. The minimum absolute atomic E-state index is 0.0396. The second-order valence-corrected chi connectivity index (χ2v) is 12.6. The maximum absolute atomic E-state index is 15.7. The third-order valence-corrected chi connectivity index (χ3v) is 8.87. The van der Waals surface area contributed by atoms with Crippen molar-refractivity contribution in [1.29, 1.82) is 0 Å². The van der Waals surface area contributed by atoms with Gasteiger partial charge in [0.2, 0.25) is 11.8 Å². The zero-order valence-corrected chi connectivity index (χ0v) is 26.3. The summed E-state index contributed by atoms with van der Waals surface area (Å²) in [5.41, 5.74) is 3.21. The van der Waals surface area contributed by atoms with Crippen LogP contribution in [-0.2, 0) is 33.8 Å². The van der Waals surface area contributed by atoms with Gasteiger partial charge in [-0.3, -0.25) is 14.4 Å². The van der Waals surface area contributed by atoms with E-state index >= 15 is 4.39 Å². The van der Waals surface area contributed by atoms with Gasteiger partial charge in [-0.15, -0.1) is 0 Å². The molecular formula is C38H37F2N3O4. The predicted octanol–water partition coefficient (Wildman–Crippen LogP) is 6.38. The van der Waals surface area contributed by atoms with Gasteiger partial charge in [0.25, 0.3) is 5.91 Å². The number of para-hydroxylation sites is 2. The highest BCUT2D eigenvalue weighted by Gasteiger charge is 2.50. The Kier molecular flexibility index (Phi) is 9.33. The van der Waals surface area contributed by atoms with E-state index in [0.29, 0.717) is 30.3 Å². The molecule has 1 saturated heterocycles. The lowest BCUT2D eigenvalue weighted by molar-refractivity contribution is -0.157. The molecule has 2 aliphatic rings. The molecule has 3 amide bonds. The molecule has 3 atom stereocenters. The minimum atomic E-state index is -1.58. The van der Waals surface area contributed by atoms with Crippen molar-refractivity contribution in [1.82, 2.24) is 10.2 Å². The highest BCUT2D eigenvalue weighted by atomic mass is 19.1. The van der Waals surface area contributed by atoms with Crippen LogP contribution < -0.4 is 15.4 Å². The molecule has 1 aliphatic heterocycles. The molecule has 9 heteroatoms. The maximum Gasteiger partial charge on any atom is 0.252 e. The number of anilines is 1. The zero-order valence-electron chi connectivity index (χ0n) is 26.3. The molecule has 0 aromatic heterocycles. The Morgan fingerprint density at radius 1 is 0.915 bits per heavy atom. The van der Waals surface area contributed by atoms with Crippen LogP contribution in [0.2, 0.25) is 0 Å². The first-order valence-electron chi connectivity index (χ1n) is 15.9. The summed E-state index contributed by atoms with van der Waals surface area (Å²) in [6.45, 7) is 4.05. The molecule has 0 bridgehead atoms. The molecule has 1 aliphatic carbocycles. The fraction of sp³-hybridized carbons (Fsp3) is 0.289. The molecular weight excluding hydrogens is 600 g/mol. The number of ether oxygens (including phenoxy) is 1. The summed E-state index contributed by atoms with van der Waals surface area (Å²) in [7, 11) is 0. The Hall–Kier alpha value is -5.05. The van der Waals surface area contributed by atoms with E-state index in [1.165, 1.54) is 11.0 Å². The summed E-state index contributed by atoms with van der Waals surface area (Å²) in [6.07, 6.45) is 1.38. The summed E-state index contributed by atoms with van der Waals surface area (Å²) >= 11 is 0. The number of carbonyl (C=O) groups is 3. The van der Waals surface area contributed by atoms with Gasteiger partial charge in [-0.2, -0.15) is 0 Å². The zero-order chi connectivity index (χ0) is 33.1. The number of fused-ring (bicyclic) bond motifs is 1. The quantitative estimate of drug-likeness (QED) is 0.211. The van der Waals surface area contributed by atoms with E-state index in [2.05, 4.69) is 10.6 Å². The van der Waals surface area contributed by atoms with Gasteiger partial charge in [0, 0.05) is 11.6 Å². The van der Waals surface area contributed by atoms with Gasteiger partial charge < -0.3 is 20.3 Å². The van der Waals surface area contributed by atoms with Crippen LogP contribution in [0.1, 0.15) is 48.6 Å². The monoisotopic (exact) mass is 637 g/mol.